The SMILES string of the molecule is C[SiH](C)C1=CC=C(F)CC1. The van der Waals surface area contributed by atoms with Crippen LogP contribution < -0.4 is 0 Å². The number of hydrogen-bond donors (Lipinski definition) is 0. The molecule has 0 aliphatic heterocycles. The number of allylic oxidation sites excluding steroid dienone is 4. The third-order valence-electron chi connectivity index (χ3n) is 1.87. The lowest BCUT2D eigenvalue weighted by molar-refractivity contribution is 0.585. The lowest BCUT2D eigenvalue weighted by atomic mass is 10.2. The fourth-order valence-electron chi connectivity index (χ4n) is 1.11. The van der Waals surface area contributed by atoms with E-state index in [4.69, 9.17) is 0 Å². The molecule has 0 aromatic heterocycles. The molecular formula is C8H13FSi. The summed E-state index contributed by atoms with van der Waals surface area (Å²) in [5.74, 6) is 0.0402. The van der Waals surface area contributed by atoms with Crippen LogP contribution in [0.3, 0.4) is 0 Å². The van der Waals surface area contributed by atoms with E-state index in [1.54, 1.807) is 6.08 Å². The lowest BCUT2D eigenvalue weighted by Crippen LogP contribution is -2.07. The van der Waals surface area contributed by atoms with Gasteiger partial charge in [0.1, 0.15) is 5.83 Å². The molecule has 0 saturated heterocycles. The van der Waals surface area contributed by atoms with Crippen molar-refractivity contribution in [2.24, 2.45) is 0 Å². The molecular weight excluding hydrogens is 143 g/mol. The Hall–Kier alpha value is -0.373. The van der Waals surface area contributed by atoms with Crippen LogP contribution in [0.2, 0.25) is 13.1 Å². The van der Waals surface area contributed by atoms with E-state index in [0.29, 0.717) is 6.42 Å². The molecule has 0 amide bonds. The maximum Gasteiger partial charge on any atom is 0.100 e. The van der Waals surface area contributed by atoms with E-state index >= 15 is 0 Å². The molecule has 0 nitrogen and oxygen atoms in total. The third-order valence-corrected chi connectivity index (χ3v) is 3.84. The van der Waals surface area contributed by atoms with Gasteiger partial charge < -0.3 is 0 Å². The molecule has 0 spiro atoms. The molecule has 0 N–H and O–H groups in total. The van der Waals surface area contributed by atoms with Crippen LogP contribution in [0.4, 0.5) is 4.39 Å². The predicted molar refractivity (Wildman–Crippen MR) is 45.4 cm³/mol. The fraction of sp³-hybridized carbons (Fsp3) is 0.500. The Morgan fingerprint density at radius 3 is 2.40 bits per heavy atom. The van der Waals surface area contributed by atoms with Gasteiger partial charge in [0.2, 0.25) is 0 Å². The van der Waals surface area contributed by atoms with Crippen molar-refractivity contribution in [3.8, 4) is 0 Å². The first-order valence-corrected chi connectivity index (χ1v) is 6.64. The van der Waals surface area contributed by atoms with Gasteiger partial charge in [0.05, 0.1) is 8.80 Å². The first kappa shape index (κ1) is 7.73. The van der Waals surface area contributed by atoms with Crippen LogP contribution in [0.5, 0.6) is 0 Å². The lowest BCUT2D eigenvalue weighted by Gasteiger charge is -2.11. The summed E-state index contributed by atoms with van der Waals surface area (Å²) in [5.41, 5.74) is 0. The Kier molecular flexibility index (Phi) is 2.43. The topological polar surface area (TPSA) is 0 Å². The number of rotatable bonds is 1. The zero-order valence-corrected chi connectivity index (χ0v) is 7.68. The minimum atomic E-state index is -0.629. The summed E-state index contributed by atoms with van der Waals surface area (Å²) in [6.07, 6.45) is 5.19. The van der Waals surface area contributed by atoms with E-state index in [1.165, 1.54) is 5.20 Å². The van der Waals surface area contributed by atoms with Gasteiger partial charge >= 0.3 is 0 Å². The van der Waals surface area contributed by atoms with Crippen LogP contribution in [0.15, 0.2) is 23.2 Å². The molecule has 0 heterocycles. The monoisotopic (exact) mass is 156 g/mol. The van der Waals surface area contributed by atoms with E-state index in [-0.39, 0.29) is 5.83 Å². The van der Waals surface area contributed by atoms with Crippen LogP contribution in [0.25, 0.3) is 0 Å². The van der Waals surface area contributed by atoms with E-state index in [0.717, 1.165) is 6.42 Å². The van der Waals surface area contributed by atoms with Crippen LogP contribution >= 0.6 is 0 Å². The van der Waals surface area contributed by atoms with Gasteiger partial charge in [-0.15, -0.1) is 0 Å². The molecule has 0 bridgehead atoms. The zero-order valence-electron chi connectivity index (χ0n) is 6.52. The maximum atomic E-state index is 12.5. The van der Waals surface area contributed by atoms with Gasteiger partial charge in [-0.3, -0.25) is 0 Å². The Morgan fingerprint density at radius 1 is 1.30 bits per heavy atom. The molecule has 0 atom stereocenters. The standard InChI is InChI=1S/C8H13FSi/c1-10(2)8-5-3-7(9)4-6-8/h3,5,10H,4,6H2,1-2H3. The molecule has 10 heavy (non-hydrogen) atoms. The summed E-state index contributed by atoms with van der Waals surface area (Å²) in [7, 11) is -0.629. The highest BCUT2D eigenvalue weighted by molar-refractivity contribution is 6.64. The largest absolute Gasteiger partial charge is 0.212 e. The first-order valence-electron chi connectivity index (χ1n) is 3.75. The van der Waals surface area contributed by atoms with Crippen LogP contribution in [-0.4, -0.2) is 8.80 Å². The van der Waals surface area contributed by atoms with Gasteiger partial charge in [-0.1, -0.05) is 24.4 Å². The molecule has 56 valence electrons. The van der Waals surface area contributed by atoms with Crippen molar-refractivity contribution < 1.29 is 4.39 Å². The molecule has 2 heteroatoms. The molecule has 0 aromatic rings. The smallest absolute Gasteiger partial charge is 0.100 e. The summed E-state index contributed by atoms with van der Waals surface area (Å²) in [6.45, 7) is 4.56. The van der Waals surface area contributed by atoms with E-state index in [2.05, 4.69) is 13.1 Å². The highest BCUT2D eigenvalue weighted by atomic mass is 28.3. The normalized spacial score (nSPS) is 18.8. The maximum absolute atomic E-state index is 12.5. The molecule has 0 unspecified atom stereocenters. The van der Waals surface area contributed by atoms with Gasteiger partial charge in [0, 0.05) is 6.42 Å². The zero-order chi connectivity index (χ0) is 7.56. The van der Waals surface area contributed by atoms with E-state index < -0.39 is 8.80 Å². The predicted octanol–water partition coefficient (Wildman–Crippen LogP) is 2.59. The van der Waals surface area contributed by atoms with Gasteiger partial charge in [-0.05, 0) is 12.5 Å². The molecule has 0 radical (unpaired) electrons. The highest BCUT2D eigenvalue weighted by Crippen LogP contribution is 2.20. The molecule has 1 aliphatic rings. The minimum Gasteiger partial charge on any atom is -0.212 e. The van der Waals surface area contributed by atoms with Gasteiger partial charge in [0.15, 0.2) is 0 Å². The average molecular weight is 156 g/mol. The van der Waals surface area contributed by atoms with Crippen molar-refractivity contribution >= 4 is 8.80 Å². The van der Waals surface area contributed by atoms with Crippen LogP contribution in [-0.2, 0) is 0 Å². The fourth-order valence-corrected chi connectivity index (χ4v) is 2.31. The van der Waals surface area contributed by atoms with Gasteiger partial charge in [0.25, 0.3) is 0 Å². The van der Waals surface area contributed by atoms with Gasteiger partial charge in [-0.25, -0.2) is 4.39 Å². The molecule has 1 rings (SSSR count). The van der Waals surface area contributed by atoms with Crippen molar-refractivity contribution in [2.75, 3.05) is 0 Å². The minimum absolute atomic E-state index is 0.0402. The summed E-state index contributed by atoms with van der Waals surface area (Å²) >= 11 is 0. The Bertz CT molecular complexity index is 180. The van der Waals surface area contributed by atoms with E-state index in [1.807, 2.05) is 6.08 Å². The van der Waals surface area contributed by atoms with Crippen LogP contribution in [0, 0.1) is 0 Å². The Balaban J connectivity index is 2.64. The summed E-state index contributed by atoms with van der Waals surface area (Å²) in [5, 5.41) is 1.50. The molecule has 0 aromatic carbocycles. The average Bonchev–Trinajstić information content (AvgIpc) is 1.88. The first-order chi connectivity index (χ1) is 4.70. The van der Waals surface area contributed by atoms with Crippen molar-refractivity contribution in [1.82, 2.24) is 0 Å². The van der Waals surface area contributed by atoms with Gasteiger partial charge in [-0.2, -0.15) is 0 Å². The molecule has 0 fully saturated rings. The van der Waals surface area contributed by atoms with Crippen LogP contribution in [0.1, 0.15) is 12.8 Å². The molecule has 0 saturated carbocycles. The van der Waals surface area contributed by atoms with Crippen molar-refractivity contribution in [3.05, 3.63) is 23.2 Å². The molecule has 1 aliphatic carbocycles. The number of halogens is 1. The van der Waals surface area contributed by atoms with Crippen molar-refractivity contribution in [2.45, 2.75) is 25.9 Å². The van der Waals surface area contributed by atoms with Crippen molar-refractivity contribution in [3.63, 3.8) is 0 Å². The third kappa shape index (κ3) is 1.80. The van der Waals surface area contributed by atoms with Crippen molar-refractivity contribution in [1.29, 1.82) is 0 Å². The second-order valence-electron chi connectivity index (χ2n) is 3.01. The summed E-state index contributed by atoms with van der Waals surface area (Å²) in [6, 6.07) is 0. The summed E-state index contributed by atoms with van der Waals surface area (Å²) in [4.78, 5) is 0. The highest BCUT2D eigenvalue weighted by Gasteiger charge is 2.08. The van der Waals surface area contributed by atoms with E-state index in [9.17, 15) is 4.39 Å². The Labute approximate surface area is 63.1 Å². The summed E-state index contributed by atoms with van der Waals surface area (Å²) < 4.78 is 12.5. The quantitative estimate of drug-likeness (QED) is 0.512. The second kappa shape index (κ2) is 3.15. The number of hydrogen-bond acceptors (Lipinski definition) is 0. The second-order valence-corrected chi connectivity index (χ2v) is 6.06. The Morgan fingerprint density at radius 2 is 2.00 bits per heavy atom.